The minimum atomic E-state index is 0.00920. The van der Waals surface area contributed by atoms with E-state index in [1.54, 1.807) is 12.4 Å². The van der Waals surface area contributed by atoms with E-state index in [2.05, 4.69) is 42.3 Å². The van der Waals surface area contributed by atoms with Gasteiger partial charge in [0, 0.05) is 64.1 Å². The van der Waals surface area contributed by atoms with Crippen LogP contribution in [0.3, 0.4) is 0 Å². The lowest BCUT2D eigenvalue weighted by Crippen LogP contribution is -2.49. The van der Waals surface area contributed by atoms with Crippen molar-refractivity contribution in [3.63, 3.8) is 0 Å². The molecule has 0 saturated carbocycles. The van der Waals surface area contributed by atoms with Crippen LogP contribution in [0.15, 0.2) is 53.8 Å². The molecule has 162 valence electrons. The van der Waals surface area contributed by atoms with Crippen molar-refractivity contribution < 1.29 is 5.11 Å². The number of aliphatic hydroxyl groups is 1. The number of nitrogens with zero attached hydrogens (tertiary/aromatic N) is 5. The molecule has 8 nitrogen and oxygen atoms in total. The van der Waals surface area contributed by atoms with Crippen molar-refractivity contribution in [1.29, 1.82) is 0 Å². The van der Waals surface area contributed by atoms with Gasteiger partial charge in [0.2, 0.25) is 5.95 Å². The number of benzene rings is 1. The first kappa shape index (κ1) is 22.0. The smallest absolute Gasteiger partial charge is 0.225 e. The second-order valence-electron chi connectivity index (χ2n) is 7.31. The van der Waals surface area contributed by atoms with Crippen LogP contribution < -0.4 is 15.5 Å². The molecule has 30 heavy (non-hydrogen) atoms. The molecule has 1 aliphatic rings. The fraction of sp³-hybridized carbons (Fsp3) is 0.500. The maximum absolute atomic E-state index is 9.74. The summed E-state index contributed by atoms with van der Waals surface area (Å²) in [5.74, 6) is 1.62. The molecule has 1 aromatic carbocycles. The highest BCUT2D eigenvalue weighted by Crippen LogP contribution is 2.15. The first-order chi connectivity index (χ1) is 14.8. The lowest BCUT2D eigenvalue weighted by atomic mass is 10.0. The van der Waals surface area contributed by atoms with Crippen molar-refractivity contribution in [1.82, 2.24) is 25.5 Å². The van der Waals surface area contributed by atoms with Gasteiger partial charge in [0.25, 0.3) is 0 Å². The van der Waals surface area contributed by atoms with Gasteiger partial charge in [-0.25, -0.2) is 9.97 Å². The van der Waals surface area contributed by atoms with E-state index in [0.29, 0.717) is 6.54 Å². The number of guanidine groups is 1. The minimum Gasteiger partial charge on any atom is -0.396 e. The number of aliphatic imine (C=N–C) groups is 1. The SMILES string of the molecule is CCNC(=NCC(CO)c1ccccc1)NCCN1CCN(c2ncccn2)CC1. The molecule has 1 saturated heterocycles. The van der Waals surface area contributed by atoms with Crippen LogP contribution in [0.1, 0.15) is 18.4 Å². The quantitative estimate of drug-likeness (QED) is 0.418. The van der Waals surface area contributed by atoms with Crippen molar-refractivity contribution in [2.24, 2.45) is 4.99 Å². The Labute approximate surface area is 179 Å². The van der Waals surface area contributed by atoms with Crippen molar-refractivity contribution in [3.05, 3.63) is 54.4 Å². The molecule has 1 atom stereocenters. The molecule has 1 unspecified atom stereocenters. The van der Waals surface area contributed by atoms with Gasteiger partial charge in [0.05, 0.1) is 13.2 Å². The highest BCUT2D eigenvalue weighted by molar-refractivity contribution is 5.79. The summed E-state index contributed by atoms with van der Waals surface area (Å²) in [5.41, 5.74) is 1.11. The van der Waals surface area contributed by atoms with Crippen molar-refractivity contribution in [2.45, 2.75) is 12.8 Å². The number of rotatable bonds is 9. The Balaban J connectivity index is 1.43. The molecule has 1 aliphatic heterocycles. The third-order valence-electron chi connectivity index (χ3n) is 5.23. The highest BCUT2D eigenvalue weighted by Gasteiger charge is 2.18. The van der Waals surface area contributed by atoms with Gasteiger partial charge in [-0.15, -0.1) is 0 Å². The normalized spacial score (nSPS) is 16.3. The Hall–Kier alpha value is -2.71. The van der Waals surface area contributed by atoms with E-state index in [9.17, 15) is 5.11 Å². The Morgan fingerprint density at radius 1 is 1.07 bits per heavy atom. The third-order valence-corrected chi connectivity index (χ3v) is 5.23. The molecule has 2 heterocycles. The molecule has 1 fully saturated rings. The number of hydrogen-bond acceptors (Lipinski definition) is 6. The van der Waals surface area contributed by atoms with Gasteiger partial charge in [0.15, 0.2) is 5.96 Å². The van der Waals surface area contributed by atoms with Crippen LogP contribution in [-0.2, 0) is 0 Å². The van der Waals surface area contributed by atoms with Gasteiger partial charge in [0.1, 0.15) is 0 Å². The van der Waals surface area contributed by atoms with Gasteiger partial charge in [-0.3, -0.25) is 9.89 Å². The van der Waals surface area contributed by atoms with E-state index in [1.165, 1.54) is 0 Å². The fourth-order valence-corrected chi connectivity index (χ4v) is 3.50. The predicted octanol–water partition coefficient (Wildman–Crippen LogP) is 0.930. The second kappa shape index (κ2) is 12.1. The first-order valence-corrected chi connectivity index (χ1v) is 10.7. The number of hydrogen-bond donors (Lipinski definition) is 3. The van der Waals surface area contributed by atoms with E-state index < -0.39 is 0 Å². The fourth-order valence-electron chi connectivity index (χ4n) is 3.50. The number of piperazine rings is 1. The van der Waals surface area contributed by atoms with Crippen LogP contribution in [-0.4, -0.2) is 84.9 Å². The first-order valence-electron chi connectivity index (χ1n) is 10.7. The Morgan fingerprint density at radius 2 is 1.80 bits per heavy atom. The predicted molar refractivity (Wildman–Crippen MR) is 121 cm³/mol. The zero-order valence-corrected chi connectivity index (χ0v) is 17.7. The van der Waals surface area contributed by atoms with Crippen molar-refractivity contribution in [2.75, 3.05) is 63.9 Å². The molecule has 3 rings (SSSR count). The zero-order chi connectivity index (χ0) is 21.0. The standard InChI is InChI=1S/C22H33N7O/c1-2-23-21(27-17-20(18-30)19-7-4-3-5-8-19)24-11-12-28-13-15-29(16-14-28)22-25-9-6-10-26-22/h3-10,20,30H,2,11-18H2,1H3,(H2,23,24,27). The van der Waals surface area contributed by atoms with Crippen LogP contribution in [0.5, 0.6) is 0 Å². The zero-order valence-electron chi connectivity index (χ0n) is 17.7. The van der Waals surface area contributed by atoms with E-state index >= 15 is 0 Å². The molecule has 2 aromatic rings. The van der Waals surface area contributed by atoms with Crippen LogP contribution in [0.2, 0.25) is 0 Å². The average Bonchev–Trinajstić information content (AvgIpc) is 2.81. The van der Waals surface area contributed by atoms with Gasteiger partial charge < -0.3 is 20.6 Å². The molecule has 0 radical (unpaired) electrons. The molecule has 8 heteroatoms. The van der Waals surface area contributed by atoms with Crippen LogP contribution in [0, 0.1) is 0 Å². The number of aliphatic hydroxyl groups excluding tert-OH is 1. The topological polar surface area (TPSA) is 88.9 Å². The molecule has 0 spiro atoms. The van der Waals surface area contributed by atoms with Gasteiger partial charge >= 0.3 is 0 Å². The number of anilines is 1. The second-order valence-corrected chi connectivity index (χ2v) is 7.31. The summed E-state index contributed by atoms with van der Waals surface area (Å²) in [6, 6.07) is 11.9. The molecule has 0 aliphatic carbocycles. The molecular formula is C22H33N7O. The number of nitrogens with one attached hydrogen (secondary N) is 2. The molecular weight excluding hydrogens is 378 g/mol. The third kappa shape index (κ3) is 6.67. The summed E-state index contributed by atoms with van der Waals surface area (Å²) in [5, 5.41) is 16.5. The minimum absolute atomic E-state index is 0.00920. The Bertz CT molecular complexity index is 749. The van der Waals surface area contributed by atoms with Gasteiger partial charge in [-0.1, -0.05) is 30.3 Å². The van der Waals surface area contributed by atoms with Crippen LogP contribution in [0.25, 0.3) is 0 Å². The highest BCUT2D eigenvalue weighted by atomic mass is 16.3. The summed E-state index contributed by atoms with van der Waals surface area (Å²) in [4.78, 5) is 18.0. The maximum Gasteiger partial charge on any atom is 0.225 e. The Kier molecular flexibility index (Phi) is 8.86. The summed E-state index contributed by atoms with van der Waals surface area (Å²) in [6.45, 7) is 9.13. The van der Waals surface area contributed by atoms with E-state index in [-0.39, 0.29) is 12.5 Å². The van der Waals surface area contributed by atoms with Crippen LogP contribution >= 0.6 is 0 Å². The molecule has 1 aromatic heterocycles. The van der Waals surface area contributed by atoms with Gasteiger partial charge in [-0.05, 0) is 18.6 Å². The van der Waals surface area contributed by atoms with Crippen molar-refractivity contribution >= 4 is 11.9 Å². The molecule has 0 amide bonds. The maximum atomic E-state index is 9.74. The Morgan fingerprint density at radius 3 is 2.47 bits per heavy atom. The molecule has 3 N–H and O–H groups in total. The largest absolute Gasteiger partial charge is 0.396 e. The van der Waals surface area contributed by atoms with E-state index in [4.69, 9.17) is 0 Å². The average molecular weight is 412 g/mol. The number of aromatic nitrogens is 2. The van der Waals surface area contributed by atoms with E-state index in [0.717, 1.165) is 63.3 Å². The lowest BCUT2D eigenvalue weighted by molar-refractivity contribution is 0.260. The lowest BCUT2D eigenvalue weighted by Gasteiger charge is -2.34. The van der Waals surface area contributed by atoms with Crippen LogP contribution in [0.4, 0.5) is 5.95 Å². The monoisotopic (exact) mass is 411 g/mol. The summed E-state index contributed by atoms with van der Waals surface area (Å²) in [6.07, 6.45) is 3.58. The summed E-state index contributed by atoms with van der Waals surface area (Å²) >= 11 is 0. The van der Waals surface area contributed by atoms with E-state index in [1.807, 2.05) is 36.4 Å². The summed E-state index contributed by atoms with van der Waals surface area (Å²) in [7, 11) is 0. The molecule has 0 bridgehead atoms. The van der Waals surface area contributed by atoms with Crippen molar-refractivity contribution in [3.8, 4) is 0 Å². The summed E-state index contributed by atoms with van der Waals surface area (Å²) < 4.78 is 0. The van der Waals surface area contributed by atoms with Gasteiger partial charge in [-0.2, -0.15) is 0 Å².